The minimum absolute atomic E-state index is 0.0221. The van der Waals surface area contributed by atoms with Gasteiger partial charge in [-0.2, -0.15) is 0 Å². The van der Waals surface area contributed by atoms with E-state index in [-0.39, 0.29) is 12.8 Å². The molecule has 1 aliphatic carbocycles. The van der Waals surface area contributed by atoms with Crippen molar-refractivity contribution < 1.29 is 23.9 Å². The van der Waals surface area contributed by atoms with Gasteiger partial charge in [-0.1, -0.05) is 37.1 Å². The zero-order valence-electron chi connectivity index (χ0n) is 21.6. The summed E-state index contributed by atoms with van der Waals surface area (Å²) in [6.07, 6.45) is 5.35. The molecule has 7 heteroatoms. The Morgan fingerprint density at radius 2 is 1.71 bits per heavy atom. The fourth-order valence-corrected chi connectivity index (χ4v) is 4.24. The van der Waals surface area contributed by atoms with Gasteiger partial charge in [-0.05, 0) is 84.3 Å². The molecule has 7 nitrogen and oxygen atoms in total. The number of hydrogen-bond donors (Lipinski definition) is 2. The van der Waals surface area contributed by atoms with Crippen molar-refractivity contribution in [1.82, 2.24) is 5.32 Å². The van der Waals surface area contributed by atoms with Crippen LogP contribution in [-0.2, 0) is 30.3 Å². The van der Waals surface area contributed by atoms with E-state index in [4.69, 9.17) is 15.2 Å². The standard InChI is InChI=1S/C27H42N2O5/c1-26(2,3)29-22(14-15-23(30)34-27(4,5)6)25(32)33-24(31)21(28)17-18-10-9-13-20(16-18)19-11-7-8-12-19/h9-10,13,16,19,21-22,29H,7-8,11-12,14-15,17,28H2,1-6H3/t21-,22-/m0/s1. The quantitative estimate of drug-likeness (QED) is 0.409. The molecule has 34 heavy (non-hydrogen) atoms. The lowest BCUT2D eigenvalue weighted by molar-refractivity contribution is -0.162. The Morgan fingerprint density at radius 1 is 1.06 bits per heavy atom. The molecule has 1 aromatic carbocycles. The van der Waals surface area contributed by atoms with Crippen molar-refractivity contribution in [3.63, 3.8) is 0 Å². The van der Waals surface area contributed by atoms with Crippen LogP contribution in [0, 0.1) is 0 Å². The van der Waals surface area contributed by atoms with E-state index in [1.165, 1.54) is 31.2 Å². The summed E-state index contributed by atoms with van der Waals surface area (Å²) in [7, 11) is 0. The van der Waals surface area contributed by atoms with E-state index in [1.54, 1.807) is 20.8 Å². The molecule has 2 atom stereocenters. The van der Waals surface area contributed by atoms with Crippen molar-refractivity contribution >= 4 is 17.9 Å². The summed E-state index contributed by atoms with van der Waals surface area (Å²) in [6, 6.07) is 6.37. The smallest absolute Gasteiger partial charge is 0.330 e. The fraction of sp³-hybridized carbons (Fsp3) is 0.667. The lowest BCUT2D eigenvalue weighted by Gasteiger charge is -2.27. The Bertz CT molecular complexity index is 847. The zero-order chi connectivity index (χ0) is 25.5. The number of carbonyl (C=O) groups excluding carboxylic acids is 3. The highest BCUT2D eigenvalue weighted by molar-refractivity contribution is 5.91. The minimum atomic E-state index is -0.955. The maximum Gasteiger partial charge on any atom is 0.330 e. The predicted molar refractivity (Wildman–Crippen MR) is 132 cm³/mol. The Kier molecular flexibility index (Phi) is 9.83. The Labute approximate surface area is 204 Å². The van der Waals surface area contributed by atoms with Crippen molar-refractivity contribution in [2.75, 3.05) is 0 Å². The van der Waals surface area contributed by atoms with Gasteiger partial charge in [0, 0.05) is 12.0 Å². The molecule has 0 amide bonds. The second kappa shape index (κ2) is 11.9. The first kappa shape index (κ1) is 28.0. The Hall–Kier alpha value is -2.25. The van der Waals surface area contributed by atoms with E-state index in [0.29, 0.717) is 12.3 Å². The fourth-order valence-electron chi connectivity index (χ4n) is 4.24. The van der Waals surface area contributed by atoms with Crippen LogP contribution in [0.3, 0.4) is 0 Å². The number of benzene rings is 1. The SMILES string of the molecule is CC(C)(C)N[C@@H](CCC(=O)OC(C)(C)C)C(=O)OC(=O)[C@@H](N)Cc1cccc(C2CCCC2)c1. The van der Waals surface area contributed by atoms with Gasteiger partial charge in [-0.3, -0.25) is 10.1 Å². The van der Waals surface area contributed by atoms with Crippen LogP contribution in [0.1, 0.15) is 97.1 Å². The predicted octanol–water partition coefficient (Wildman–Crippen LogP) is 4.16. The largest absolute Gasteiger partial charge is 0.460 e. The van der Waals surface area contributed by atoms with Crippen LogP contribution in [0.5, 0.6) is 0 Å². The normalized spacial score (nSPS) is 16.7. The minimum Gasteiger partial charge on any atom is -0.460 e. The van der Waals surface area contributed by atoms with Crippen molar-refractivity contribution in [1.29, 1.82) is 0 Å². The van der Waals surface area contributed by atoms with Crippen molar-refractivity contribution in [2.45, 2.75) is 116 Å². The maximum absolute atomic E-state index is 12.8. The van der Waals surface area contributed by atoms with Gasteiger partial charge in [-0.25, -0.2) is 9.59 Å². The monoisotopic (exact) mass is 474 g/mol. The third-order valence-corrected chi connectivity index (χ3v) is 5.69. The van der Waals surface area contributed by atoms with Gasteiger partial charge in [0.05, 0.1) is 0 Å². The number of nitrogens with one attached hydrogen (secondary N) is 1. The number of rotatable bonds is 9. The Morgan fingerprint density at radius 3 is 2.29 bits per heavy atom. The lowest BCUT2D eigenvalue weighted by atomic mass is 9.94. The molecule has 1 saturated carbocycles. The van der Waals surface area contributed by atoms with Gasteiger partial charge < -0.3 is 15.2 Å². The Balaban J connectivity index is 1.96. The molecule has 0 bridgehead atoms. The number of esters is 3. The van der Waals surface area contributed by atoms with Crippen LogP contribution >= 0.6 is 0 Å². The van der Waals surface area contributed by atoms with E-state index >= 15 is 0 Å². The summed E-state index contributed by atoms with van der Waals surface area (Å²) in [5.74, 6) is -1.35. The first-order chi connectivity index (χ1) is 15.7. The van der Waals surface area contributed by atoms with Crippen LogP contribution in [0.2, 0.25) is 0 Å². The van der Waals surface area contributed by atoms with E-state index in [9.17, 15) is 14.4 Å². The third-order valence-electron chi connectivity index (χ3n) is 5.69. The van der Waals surface area contributed by atoms with Gasteiger partial charge in [-0.15, -0.1) is 0 Å². The van der Waals surface area contributed by atoms with E-state index in [2.05, 4.69) is 17.4 Å². The first-order valence-electron chi connectivity index (χ1n) is 12.3. The van der Waals surface area contributed by atoms with Gasteiger partial charge in [0.1, 0.15) is 17.7 Å². The zero-order valence-corrected chi connectivity index (χ0v) is 21.6. The number of carbonyl (C=O) groups is 3. The number of ether oxygens (including phenoxy) is 2. The van der Waals surface area contributed by atoms with Crippen LogP contribution in [0.15, 0.2) is 24.3 Å². The van der Waals surface area contributed by atoms with E-state index in [1.807, 2.05) is 32.9 Å². The molecule has 0 aromatic heterocycles. The summed E-state index contributed by atoms with van der Waals surface area (Å²) in [4.78, 5) is 37.5. The van der Waals surface area contributed by atoms with Crippen LogP contribution < -0.4 is 11.1 Å². The highest BCUT2D eigenvalue weighted by atomic mass is 16.6. The molecular formula is C27H42N2O5. The summed E-state index contributed by atoms with van der Waals surface area (Å²) in [6.45, 7) is 11.0. The van der Waals surface area contributed by atoms with Crippen LogP contribution in [0.4, 0.5) is 0 Å². The average molecular weight is 475 g/mol. The topological polar surface area (TPSA) is 108 Å². The molecule has 0 saturated heterocycles. The van der Waals surface area contributed by atoms with Crippen LogP contribution in [-0.4, -0.2) is 41.1 Å². The van der Waals surface area contributed by atoms with Crippen molar-refractivity contribution in [2.24, 2.45) is 5.73 Å². The van der Waals surface area contributed by atoms with E-state index < -0.39 is 41.1 Å². The molecule has 0 unspecified atom stereocenters. The molecule has 0 heterocycles. The van der Waals surface area contributed by atoms with Crippen molar-refractivity contribution in [3.8, 4) is 0 Å². The molecule has 1 aromatic rings. The molecule has 190 valence electrons. The number of hydrogen-bond acceptors (Lipinski definition) is 7. The van der Waals surface area contributed by atoms with Gasteiger partial charge >= 0.3 is 17.9 Å². The van der Waals surface area contributed by atoms with E-state index in [0.717, 1.165) is 5.56 Å². The summed E-state index contributed by atoms with van der Waals surface area (Å²) in [5, 5.41) is 3.13. The highest BCUT2D eigenvalue weighted by Gasteiger charge is 2.30. The molecule has 2 rings (SSSR count). The molecular weight excluding hydrogens is 432 g/mol. The summed E-state index contributed by atoms with van der Waals surface area (Å²) in [5.41, 5.74) is 7.30. The van der Waals surface area contributed by atoms with Gasteiger partial charge in [0.2, 0.25) is 0 Å². The third kappa shape index (κ3) is 9.94. The summed E-state index contributed by atoms with van der Waals surface area (Å²) < 4.78 is 10.5. The average Bonchev–Trinajstić information content (AvgIpc) is 3.24. The molecule has 0 spiro atoms. The second-order valence-corrected chi connectivity index (χ2v) is 11.3. The van der Waals surface area contributed by atoms with Crippen molar-refractivity contribution in [3.05, 3.63) is 35.4 Å². The first-order valence-corrected chi connectivity index (χ1v) is 12.3. The maximum atomic E-state index is 12.8. The lowest BCUT2D eigenvalue weighted by Crippen LogP contribution is -2.50. The summed E-state index contributed by atoms with van der Waals surface area (Å²) >= 11 is 0. The van der Waals surface area contributed by atoms with Gasteiger partial charge in [0.25, 0.3) is 0 Å². The molecule has 0 aliphatic heterocycles. The molecule has 1 fully saturated rings. The molecule has 3 N–H and O–H groups in total. The van der Waals surface area contributed by atoms with Gasteiger partial charge in [0.15, 0.2) is 0 Å². The number of nitrogens with two attached hydrogens (primary N) is 1. The molecule has 0 radical (unpaired) electrons. The van der Waals surface area contributed by atoms with Crippen LogP contribution in [0.25, 0.3) is 0 Å². The molecule has 1 aliphatic rings. The second-order valence-electron chi connectivity index (χ2n) is 11.3. The highest BCUT2D eigenvalue weighted by Crippen LogP contribution is 2.34.